The lowest BCUT2D eigenvalue weighted by Crippen LogP contribution is -2.34. The normalized spacial score (nSPS) is 40.1. The molecule has 2 atom stereocenters. The molecule has 1 aliphatic rings. The van der Waals surface area contributed by atoms with Crippen molar-refractivity contribution >= 4 is 43.8 Å². The van der Waals surface area contributed by atoms with E-state index in [1.807, 2.05) is 0 Å². The molecule has 1 saturated heterocycles. The quantitative estimate of drug-likeness (QED) is 0.381. The fourth-order valence-electron chi connectivity index (χ4n) is 0.474. The van der Waals surface area contributed by atoms with Crippen molar-refractivity contribution in [3.8, 4) is 0 Å². The van der Waals surface area contributed by atoms with Gasteiger partial charge in [-0.1, -0.05) is 15.9 Å². The Morgan fingerprint density at radius 2 is 2.10 bits per heavy atom. The number of carbonyl (C=O) groups is 2. The lowest BCUT2D eigenvalue weighted by Gasteiger charge is -2.08. The summed E-state index contributed by atoms with van der Waals surface area (Å²) in [5, 5.41) is 9.08. The van der Waals surface area contributed by atoms with Crippen LogP contribution in [0.2, 0.25) is 0 Å². The first kappa shape index (κ1) is 8.16. The molecule has 0 aromatic rings. The number of halogens is 2. The van der Waals surface area contributed by atoms with Crippen molar-refractivity contribution in [2.75, 3.05) is 0 Å². The van der Waals surface area contributed by atoms with Crippen LogP contribution >= 0.6 is 31.9 Å². The Morgan fingerprint density at radius 1 is 1.60 bits per heavy atom. The largest absolute Gasteiger partial charge is 0.389 e. The van der Waals surface area contributed by atoms with E-state index >= 15 is 0 Å². The maximum Gasteiger partial charge on any atom is 0.359 e. The fourth-order valence-corrected chi connectivity index (χ4v) is 1.02. The first-order valence-corrected chi connectivity index (χ1v) is 3.98. The van der Waals surface area contributed by atoms with E-state index in [0.29, 0.717) is 0 Å². The number of aliphatic hydroxyl groups is 1. The van der Waals surface area contributed by atoms with E-state index in [-0.39, 0.29) is 0 Å². The Kier molecular flexibility index (Phi) is 1.86. The second-order valence-corrected chi connectivity index (χ2v) is 3.87. The summed E-state index contributed by atoms with van der Waals surface area (Å²) < 4.78 is 2.17. The van der Waals surface area contributed by atoms with Crippen molar-refractivity contribution in [2.24, 2.45) is 0 Å². The third kappa shape index (κ3) is 0.998. The minimum absolute atomic E-state index is 0.788. The lowest BCUT2D eigenvalue weighted by molar-refractivity contribution is -0.155. The highest BCUT2D eigenvalue weighted by molar-refractivity contribution is 9.13. The van der Waals surface area contributed by atoms with Crippen LogP contribution in [-0.4, -0.2) is 26.4 Å². The number of alkyl halides is 2. The summed E-state index contributed by atoms with van der Waals surface area (Å²) in [5.41, 5.74) is 0. The molecule has 0 spiro atoms. The van der Waals surface area contributed by atoms with E-state index in [0.717, 1.165) is 0 Å². The highest BCUT2D eigenvalue weighted by atomic mass is 79.9. The minimum Gasteiger partial charge on any atom is -0.389 e. The molecule has 0 bridgehead atoms. The summed E-state index contributed by atoms with van der Waals surface area (Å²) in [6.07, 6.45) is 0. The highest BCUT2D eigenvalue weighted by Gasteiger charge is 2.54. The van der Waals surface area contributed by atoms with Gasteiger partial charge in [0.05, 0.1) is 0 Å². The van der Waals surface area contributed by atoms with Crippen molar-refractivity contribution in [3.05, 3.63) is 0 Å². The molecule has 0 aromatic heterocycles. The van der Waals surface area contributed by atoms with E-state index in [4.69, 9.17) is 5.11 Å². The fraction of sp³-hybridized carbons (Fsp3) is 0.500. The van der Waals surface area contributed by atoms with Gasteiger partial charge in [0.15, 0.2) is 4.83 Å². The molecule has 1 heterocycles. The zero-order valence-corrected chi connectivity index (χ0v) is 7.68. The van der Waals surface area contributed by atoms with Crippen molar-refractivity contribution in [1.82, 2.24) is 0 Å². The van der Waals surface area contributed by atoms with Crippen LogP contribution in [0.15, 0.2) is 0 Å². The number of ether oxygens (including phenoxy) is 1. The first-order valence-electron chi connectivity index (χ1n) is 2.27. The summed E-state index contributed by atoms with van der Waals surface area (Å²) in [5.74, 6) is -1.77. The van der Waals surface area contributed by atoms with Crippen molar-refractivity contribution in [1.29, 1.82) is 0 Å². The van der Waals surface area contributed by atoms with Crippen LogP contribution in [0.3, 0.4) is 0 Å². The van der Waals surface area contributed by atoms with Gasteiger partial charge in [-0.15, -0.1) is 0 Å². The molecule has 6 heteroatoms. The topological polar surface area (TPSA) is 63.6 Å². The van der Waals surface area contributed by atoms with Crippen LogP contribution in [-0.2, 0) is 14.3 Å². The first-order chi connectivity index (χ1) is 4.46. The molecule has 4 nitrogen and oxygen atoms in total. The molecule has 10 heavy (non-hydrogen) atoms. The maximum absolute atomic E-state index is 10.5. The molecule has 1 aliphatic heterocycles. The molecule has 2 unspecified atom stereocenters. The van der Waals surface area contributed by atoms with Crippen molar-refractivity contribution in [2.45, 2.75) is 9.34 Å². The Bertz CT molecular complexity index is 199. The van der Waals surface area contributed by atoms with Crippen LogP contribution in [0.25, 0.3) is 0 Å². The van der Waals surface area contributed by atoms with Gasteiger partial charge in [0.2, 0.25) is 4.51 Å². The summed E-state index contributed by atoms with van der Waals surface area (Å²) in [6, 6.07) is 0. The highest BCUT2D eigenvalue weighted by Crippen LogP contribution is 2.33. The van der Waals surface area contributed by atoms with Gasteiger partial charge in [-0.25, -0.2) is 4.79 Å². The van der Waals surface area contributed by atoms with Crippen LogP contribution in [0.1, 0.15) is 0 Å². The van der Waals surface area contributed by atoms with Gasteiger partial charge in [0.1, 0.15) is 0 Å². The van der Waals surface area contributed by atoms with E-state index in [1.54, 1.807) is 0 Å². The number of carbonyl (C=O) groups excluding carboxylic acids is 2. The third-order valence-corrected chi connectivity index (χ3v) is 3.45. The predicted octanol–water partition coefficient (Wildman–Crippen LogP) is -0.0832. The Hall–Kier alpha value is 0.0600. The number of hydrogen-bond donors (Lipinski definition) is 1. The maximum atomic E-state index is 10.5. The molecule has 0 radical (unpaired) electrons. The van der Waals surface area contributed by atoms with Crippen LogP contribution < -0.4 is 0 Å². The van der Waals surface area contributed by atoms with Gasteiger partial charge in [-0.05, 0) is 15.9 Å². The van der Waals surface area contributed by atoms with E-state index in [1.165, 1.54) is 0 Å². The summed E-state index contributed by atoms with van der Waals surface area (Å²) >= 11 is 5.40. The van der Waals surface area contributed by atoms with E-state index in [2.05, 4.69) is 36.6 Å². The molecule has 1 N–H and O–H groups in total. The van der Waals surface area contributed by atoms with Gasteiger partial charge in [-0.3, -0.25) is 4.79 Å². The standard InChI is InChI=1S/C4H2Br2O4/c5-1-2(7)10-3(8)4(1,6)9/h1,9H. The lowest BCUT2D eigenvalue weighted by atomic mass is 10.3. The zero-order valence-electron chi connectivity index (χ0n) is 4.51. The predicted molar refractivity (Wildman–Crippen MR) is 37.7 cm³/mol. The molecular formula is C4H2Br2O4. The molecule has 0 saturated carbocycles. The van der Waals surface area contributed by atoms with Gasteiger partial charge in [0.25, 0.3) is 0 Å². The average Bonchev–Trinajstić information content (AvgIpc) is 1.97. The third-order valence-electron chi connectivity index (χ3n) is 1.02. The summed E-state index contributed by atoms with van der Waals surface area (Å²) in [4.78, 5) is 20.0. The zero-order chi connectivity index (χ0) is 7.94. The molecular weight excluding hydrogens is 272 g/mol. The summed E-state index contributed by atoms with van der Waals surface area (Å²) in [6.45, 7) is 0. The van der Waals surface area contributed by atoms with E-state index < -0.39 is 21.3 Å². The van der Waals surface area contributed by atoms with Crippen LogP contribution in [0.5, 0.6) is 0 Å². The average molecular weight is 274 g/mol. The molecule has 0 aliphatic carbocycles. The molecule has 1 fully saturated rings. The van der Waals surface area contributed by atoms with Crippen molar-refractivity contribution in [3.63, 3.8) is 0 Å². The van der Waals surface area contributed by atoms with Crippen LogP contribution in [0.4, 0.5) is 0 Å². The van der Waals surface area contributed by atoms with Crippen molar-refractivity contribution < 1.29 is 19.4 Å². The van der Waals surface area contributed by atoms with Gasteiger partial charge >= 0.3 is 11.9 Å². The van der Waals surface area contributed by atoms with Gasteiger partial charge in [-0.2, -0.15) is 0 Å². The molecule has 0 aromatic carbocycles. The number of esters is 2. The second kappa shape index (κ2) is 2.28. The SMILES string of the molecule is O=C1OC(=O)C(O)(Br)C1Br. The summed E-state index contributed by atoms with van der Waals surface area (Å²) in [7, 11) is 0. The monoisotopic (exact) mass is 272 g/mol. The Labute approximate surface area is 72.8 Å². The van der Waals surface area contributed by atoms with Gasteiger partial charge < -0.3 is 9.84 Å². The van der Waals surface area contributed by atoms with Gasteiger partial charge in [0, 0.05) is 0 Å². The second-order valence-electron chi connectivity index (χ2n) is 1.74. The minimum atomic E-state index is -1.90. The number of cyclic esters (lactones) is 2. The Balaban J connectivity index is 2.96. The molecule has 56 valence electrons. The Morgan fingerprint density at radius 3 is 2.20 bits per heavy atom. The molecule has 1 rings (SSSR count). The van der Waals surface area contributed by atoms with Crippen LogP contribution in [0, 0.1) is 0 Å². The smallest absolute Gasteiger partial charge is 0.359 e. The number of rotatable bonds is 0. The number of hydrogen-bond acceptors (Lipinski definition) is 4. The van der Waals surface area contributed by atoms with E-state index in [9.17, 15) is 9.59 Å². The molecule has 0 amide bonds.